The van der Waals surface area contributed by atoms with E-state index in [0.29, 0.717) is 17.6 Å². The van der Waals surface area contributed by atoms with Crippen molar-refractivity contribution >= 4 is 17.4 Å². The van der Waals surface area contributed by atoms with Gasteiger partial charge in [0.15, 0.2) is 5.82 Å². The number of ether oxygens (including phenoxy) is 1. The van der Waals surface area contributed by atoms with Gasteiger partial charge in [0.1, 0.15) is 17.6 Å². The Morgan fingerprint density at radius 1 is 1.44 bits per heavy atom. The van der Waals surface area contributed by atoms with Gasteiger partial charge in [-0.1, -0.05) is 18.5 Å². The zero-order chi connectivity index (χ0) is 12.2. The number of rotatable bonds is 5. The minimum Gasteiger partial charge on any atom is -0.377 e. The lowest BCUT2D eigenvalue weighted by Gasteiger charge is -2.25. The fraction of sp³-hybridized carbons (Fsp3) is 0.636. The number of hydrogen-bond acceptors (Lipinski definition) is 4. The number of nitrogens with zero attached hydrogens (tertiary/aromatic N) is 2. The average molecular weight is 244 g/mol. The lowest BCUT2D eigenvalue weighted by molar-refractivity contribution is 0.178. The molecule has 0 saturated heterocycles. The van der Waals surface area contributed by atoms with Gasteiger partial charge >= 0.3 is 0 Å². The Morgan fingerprint density at radius 3 is 2.69 bits per heavy atom. The van der Waals surface area contributed by atoms with E-state index in [4.69, 9.17) is 16.3 Å². The molecule has 0 aliphatic carbocycles. The van der Waals surface area contributed by atoms with Crippen LogP contribution in [0.1, 0.15) is 33.0 Å². The van der Waals surface area contributed by atoms with Gasteiger partial charge in [-0.2, -0.15) is 0 Å². The summed E-state index contributed by atoms with van der Waals surface area (Å²) in [6.45, 7) is 6.70. The van der Waals surface area contributed by atoms with Crippen LogP contribution in [0.15, 0.2) is 6.07 Å². The predicted molar refractivity (Wildman–Crippen MR) is 65.7 cm³/mol. The molecule has 0 amide bonds. The maximum Gasteiger partial charge on any atom is 0.158 e. The highest BCUT2D eigenvalue weighted by Crippen LogP contribution is 2.18. The van der Waals surface area contributed by atoms with Crippen LogP contribution in [0, 0.1) is 0 Å². The van der Waals surface area contributed by atoms with Crippen molar-refractivity contribution in [2.24, 2.45) is 0 Å². The van der Waals surface area contributed by atoms with Gasteiger partial charge in [0, 0.05) is 18.7 Å². The minimum atomic E-state index is -0.0119. The SMILES string of the molecule is CCC(C)(C)Nc1cc(Cl)nc(COC)n1. The molecule has 4 nitrogen and oxygen atoms in total. The molecule has 0 bridgehead atoms. The molecule has 1 rings (SSSR count). The summed E-state index contributed by atoms with van der Waals surface area (Å²) in [5.41, 5.74) is -0.0119. The molecule has 0 aliphatic rings. The molecule has 0 spiro atoms. The second-order valence-electron chi connectivity index (χ2n) is 4.29. The third kappa shape index (κ3) is 3.94. The van der Waals surface area contributed by atoms with Gasteiger partial charge in [0.2, 0.25) is 0 Å². The van der Waals surface area contributed by atoms with E-state index in [-0.39, 0.29) is 5.54 Å². The van der Waals surface area contributed by atoms with E-state index >= 15 is 0 Å². The molecule has 1 aromatic rings. The van der Waals surface area contributed by atoms with E-state index in [1.807, 2.05) is 0 Å². The molecule has 0 saturated carbocycles. The van der Waals surface area contributed by atoms with Crippen molar-refractivity contribution in [3.05, 3.63) is 17.0 Å². The largest absolute Gasteiger partial charge is 0.377 e. The first kappa shape index (κ1) is 13.2. The first-order chi connectivity index (χ1) is 7.46. The summed E-state index contributed by atoms with van der Waals surface area (Å²) in [4.78, 5) is 8.39. The Bertz CT molecular complexity index is 355. The van der Waals surface area contributed by atoms with Crippen LogP contribution in [0.4, 0.5) is 5.82 Å². The number of halogens is 1. The minimum absolute atomic E-state index is 0.0119. The lowest BCUT2D eigenvalue weighted by atomic mass is 10.0. The average Bonchev–Trinajstić information content (AvgIpc) is 2.16. The van der Waals surface area contributed by atoms with Crippen molar-refractivity contribution in [3.8, 4) is 0 Å². The van der Waals surface area contributed by atoms with Gasteiger partial charge in [-0.3, -0.25) is 0 Å². The van der Waals surface area contributed by atoms with Crippen LogP contribution in [0.2, 0.25) is 5.15 Å². The Morgan fingerprint density at radius 2 is 2.12 bits per heavy atom. The maximum absolute atomic E-state index is 5.91. The third-order valence-corrected chi connectivity index (χ3v) is 2.56. The Hall–Kier alpha value is -0.870. The summed E-state index contributed by atoms with van der Waals surface area (Å²) in [7, 11) is 1.60. The Balaban J connectivity index is 2.87. The van der Waals surface area contributed by atoms with E-state index in [2.05, 4.69) is 36.1 Å². The van der Waals surface area contributed by atoms with E-state index in [9.17, 15) is 0 Å². The second kappa shape index (κ2) is 5.46. The molecular formula is C11H18ClN3O. The van der Waals surface area contributed by atoms with Crippen molar-refractivity contribution < 1.29 is 4.74 Å². The van der Waals surface area contributed by atoms with E-state index < -0.39 is 0 Å². The Kier molecular flexibility index (Phi) is 4.50. The van der Waals surface area contributed by atoms with Crippen LogP contribution >= 0.6 is 11.6 Å². The molecule has 0 aliphatic heterocycles. The molecule has 0 radical (unpaired) electrons. The molecule has 0 atom stereocenters. The van der Waals surface area contributed by atoms with Crippen molar-refractivity contribution in [1.29, 1.82) is 0 Å². The topological polar surface area (TPSA) is 47.0 Å². The van der Waals surface area contributed by atoms with Crippen LogP contribution in [0.3, 0.4) is 0 Å². The van der Waals surface area contributed by atoms with Gasteiger partial charge in [-0.05, 0) is 20.3 Å². The summed E-state index contributed by atoms with van der Waals surface area (Å²) < 4.78 is 4.98. The van der Waals surface area contributed by atoms with Crippen molar-refractivity contribution in [2.75, 3.05) is 12.4 Å². The molecule has 0 fully saturated rings. The second-order valence-corrected chi connectivity index (χ2v) is 4.67. The third-order valence-electron chi connectivity index (χ3n) is 2.36. The first-order valence-electron chi connectivity index (χ1n) is 5.27. The number of aromatic nitrogens is 2. The molecule has 1 heterocycles. The highest BCUT2D eigenvalue weighted by Gasteiger charge is 2.15. The van der Waals surface area contributed by atoms with Crippen molar-refractivity contribution in [2.45, 2.75) is 39.3 Å². The summed E-state index contributed by atoms with van der Waals surface area (Å²) in [5.74, 6) is 1.32. The smallest absolute Gasteiger partial charge is 0.158 e. The molecule has 1 N–H and O–H groups in total. The van der Waals surface area contributed by atoms with Gasteiger partial charge in [-0.25, -0.2) is 9.97 Å². The van der Waals surface area contributed by atoms with Gasteiger partial charge in [-0.15, -0.1) is 0 Å². The molecule has 0 aromatic carbocycles. The fourth-order valence-electron chi connectivity index (χ4n) is 1.16. The summed E-state index contributed by atoms with van der Waals surface area (Å²) in [5, 5.41) is 3.74. The van der Waals surface area contributed by atoms with E-state index in [1.54, 1.807) is 13.2 Å². The Labute approximate surface area is 101 Å². The van der Waals surface area contributed by atoms with Gasteiger partial charge in [0.25, 0.3) is 0 Å². The van der Waals surface area contributed by atoms with Crippen molar-refractivity contribution in [1.82, 2.24) is 9.97 Å². The summed E-state index contributed by atoms with van der Waals surface area (Å²) >= 11 is 5.91. The quantitative estimate of drug-likeness (QED) is 0.808. The highest BCUT2D eigenvalue weighted by molar-refractivity contribution is 6.29. The van der Waals surface area contributed by atoms with Crippen LogP contribution < -0.4 is 5.32 Å². The first-order valence-corrected chi connectivity index (χ1v) is 5.65. The molecule has 0 unspecified atom stereocenters. The van der Waals surface area contributed by atoms with Crippen LogP contribution in [0.25, 0.3) is 0 Å². The molecule has 5 heteroatoms. The van der Waals surface area contributed by atoms with Crippen molar-refractivity contribution in [3.63, 3.8) is 0 Å². The van der Waals surface area contributed by atoms with Crippen LogP contribution in [-0.2, 0) is 11.3 Å². The zero-order valence-corrected chi connectivity index (χ0v) is 10.9. The highest BCUT2D eigenvalue weighted by atomic mass is 35.5. The number of methoxy groups -OCH3 is 1. The van der Waals surface area contributed by atoms with Gasteiger partial charge < -0.3 is 10.1 Å². The monoisotopic (exact) mass is 243 g/mol. The predicted octanol–water partition coefficient (Wildman–Crippen LogP) is 2.88. The van der Waals surface area contributed by atoms with E-state index in [0.717, 1.165) is 12.2 Å². The molecule has 1 aromatic heterocycles. The van der Waals surface area contributed by atoms with Crippen LogP contribution in [0.5, 0.6) is 0 Å². The normalized spacial score (nSPS) is 11.6. The van der Waals surface area contributed by atoms with Gasteiger partial charge in [0.05, 0.1) is 0 Å². The fourth-order valence-corrected chi connectivity index (χ4v) is 1.36. The number of hydrogen-bond donors (Lipinski definition) is 1. The zero-order valence-electron chi connectivity index (χ0n) is 10.2. The lowest BCUT2D eigenvalue weighted by Crippen LogP contribution is -2.30. The van der Waals surface area contributed by atoms with Crippen LogP contribution in [-0.4, -0.2) is 22.6 Å². The summed E-state index contributed by atoms with van der Waals surface area (Å²) in [6.07, 6.45) is 0.994. The standard InChI is InChI=1S/C11H18ClN3O/c1-5-11(2,3)15-9-6-8(12)13-10(14-9)7-16-4/h6H,5,7H2,1-4H3,(H,13,14,15). The molecule has 16 heavy (non-hydrogen) atoms. The maximum atomic E-state index is 5.91. The number of nitrogens with one attached hydrogen (secondary N) is 1. The summed E-state index contributed by atoms with van der Waals surface area (Å²) in [6, 6.07) is 1.72. The molecular weight excluding hydrogens is 226 g/mol. The molecule has 90 valence electrons. The van der Waals surface area contributed by atoms with E-state index in [1.165, 1.54) is 0 Å². The number of anilines is 1.